The molecular formula is C19H30N2O2. The van der Waals surface area contributed by atoms with Gasteiger partial charge in [-0.3, -0.25) is 9.59 Å². The second kappa shape index (κ2) is 7.62. The van der Waals surface area contributed by atoms with Gasteiger partial charge in [-0.1, -0.05) is 53.7 Å². The fraction of sp³-hybridized carbons (Fsp3) is 0.579. The van der Waals surface area contributed by atoms with Gasteiger partial charge in [0.1, 0.15) is 0 Å². The van der Waals surface area contributed by atoms with Crippen molar-refractivity contribution in [2.75, 3.05) is 13.1 Å². The van der Waals surface area contributed by atoms with Gasteiger partial charge in [0.05, 0.1) is 0 Å². The molecule has 1 rings (SSSR count). The van der Waals surface area contributed by atoms with Gasteiger partial charge in [0.25, 0.3) is 5.91 Å². The topological polar surface area (TPSA) is 58.2 Å². The van der Waals surface area contributed by atoms with Gasteiger partial charge in [-0.2, -0.15) is 0 Å². The van der Waals surface area contributed by atoms with Crippen LogP contribution in [-0.2, 0) is 10.2 Å². The monoisotopic (exact) mass is 318 g/mol. The molecule has 0 spiro atoms. The summed E-state index contributed by atoms with van der Waals surface area (Å²) in [4.78, 5) is 23.7. The number of carbonyl (C=O) groups is 2. The zero-order valence-corrected chi connectivity index (χ0v) is 15.2. The quantitative estimate of drug-likeness (QED) is 0.819. The van der Waals surface area contributed by atoms with E-state index >= 15 is 0 Å². The number of carbonyl (C=O) groups excluding carboxylic acids is 2. The average Bonchev–Trinajstić information content (AvgIpc) is 2.40. The molecule has 2 amide bonds. The number of amides is 2. The molecule has 0 bridgehead atoms. The molecule has 0 aliphatic rings. The number of nitrogens with one attached hydrogen (secondary N) is 2. The Hall–Kier alpha value is -1.84. The van der Waals surface area contributed by atoms with Gasteiger partial charge in [0.2, 0.25) is 5.91 Å². The summed E-state index contributed by atoms with van der Waals surface area (Å²) in [6.45, 7) is 13.4. The molecule has 0 saturated heterocycles. The summed E-state index contributed by atoms with van der Waals surface area (Å²) >= 11 is 0. The van der Waals surface area contributed by atoms with Crippen molar-refractivity contribution in [3.8, 4) is 0 Å². The summed E-state index contributed by atoms with van der Waals surface area (Å²) in [5.41, 5.74) is 1.89. The molecule has 0 fully saturated rings. The summed E-state index contributed by atoms with van der Waals surface area (Å²) in [7, 11) is 0. The van der Waals surface area contributed by atoms with E-state index < -0.39 is 0 Å². The van der Waals surface area contributed by atoms with Crippen LogP contribution in [0.3, 0.4) is 0 Å². The van der Waals surface area contributed by atoms with Crippen LogP contribution in [0, 0.1) is 5.41 Å². The van der Waals surface area contributed by atoms with Gasteiger partial charge in [-0.25, -0.2) is 0 Å². The Morgan fingerprint density at radius 3 is 1.87 bits per heavy atom. The average molecular weight is 318 g/mol. The van der Waals surface area contributed by atoms with Gasteiger partial charge in [-0.05, 0) is 28.5 Å². The molecule has 4 nitrogen and oxygen atoms in total. The van der Waals surface area contributed by atoms with Crippen molar-refractivity contribution in [1.82, 2.24) is 10.6 Å². The largest absolute Gasteiger partial charge is 0.354 e. The second-order valence-corrected chi connectivity index (χ2v) is 8.17. The van der Waals surface area contributed by atoms with E-state index in [0.29, 0.717) is 25.1 Å². The Labute approximate surface area is 140 Å². The van der Waals surface area contributed by atoms with Crippen molar-refractivity contribution in [2.24, 2.45) is 5.41 Å². The van der Waals surface area contributed by atoms with Crippen molar-refractivity contribution < 1.29 is 9.59 Å². The Kier molecular flexibility index (Phi) is 6.37. The zero-order valence-electron chi connectivity index (χ0n) is 15.2. The Balaban J connectivity index is 2.39. The van der Waals surface area contributed by atoms with Crippen molar-refractivity contribution in [3.05, 3.63) is 35.4 Å². The van der Waals surface area contributed by atoms with Crippen LogP contribution in [0.2, 0.25) is 0 Å². The zero-order chi connectivity index (χ0) is 17.7. The first-order valence-corrected chi connectivity index (χ1v) is 8.14. The van der Waals surface area contributed by atoms with Crippen LogP contribution in [0.25, 0.3) is 0 Å². The highest BCUT2D eigenvalue weighted by molar-refractivity contribution is 5.94. The third-order valence-corrected chi connectivity index (χ3v) is 3.44. The lowest BCUT2D eigenvalue weighted by Crippen LogP contribution is -2.35. The second-order valence-electron chi connectivity index (χ2n) is 8.17. The molecule has 1 aromatic rings. The third kappa shape index (κ3) is 7.31. The van der Waals surface area contributed by atoms with Gasteiger partial charge >= 0.3 is 0 Å². The maximum absolute atomic E-state index is 12.1. The lowest BCUT2D eigenvalue weighted by atomic mass is 9.87. The minimum Gasteiger partial charge on any atom is -0.354 e. The van der Waals surface area contributed by atoms with Gasteiger partial charge in [0.15, 0.2) is 0 Å². The Morgan fingerprint density at radius 2 is 1.39 bits per heavy atom. The highest BCUT2D eigenvalue weighted by Gasteiger charge is 2.16. The molecule has 0 aliphatic heterocycles. The van der Waals surface area contributed by atoms with Gasteiger partial charge < -0.3 is 10.6 Å². The molecule has 0 unspecified atom stereocenters. The lowest BCUT2D eigenvalue weighted by Gasteiger charge is -2.19. The summed E-state index contributed by atoms with van der Waals surface area (Å²) in [5.74, 6) is -0.100. The molecule has 0 radical (unpaired) electrons. The van der Waals surface area contributed by atoms with Gasteiger partial charge in [-0.15, -0.1) is 0 Å². The van der Waals surface area contributed by atoms with Crippen LogP contribution in [0.15, 0.2) is 24.3 Å². The van der Waals surface area contributed by atoms with Crippen LogP contribution in [0.4, 0.5) is 0 Å². The van der Waals surface area contributed by atoms with Crippen LogP contribution in [0.5, 0.6) is 0 Å². The molecule has 23 heavy (non-hydrogen) atoms. The van der Waals surface area contributed by atoms with E-state index in [1.165, 1.54) is 5.56 Å². The third-order valence-electron chi connectivity index (χ3n) is 3.44. The maximum Gasteiger partial charge on any atom is 0.251 e. The first kappa shape index (κ1) is 19.2. The fourth-order valence-electron chi connectivity index (χ4n) is 2.15. The molecule has 0 saturated carbocycles. The minimum absolute atomic E-state index is 0.0151. The number of hydrogen-bond acceptors (Lipinski definition) is 2. The number of benzene rings is 1. The lowest BCUT2D eigenvalue weighted by molar-refractivity contribution is -0.122. The van der Waals surface area contributed by atoms with E-state index in [4.69, 9.17) is 0 Å². The molecular weight excluding hydrogens is 288 g/mol. The first-order chi connectivity index (χ1) is 10.5. The normalized spacial score (nSPS) is 11.9. The maximum atomic E-state index is 12.1. The summed E-state index contributed by atoms with van der Waals surface area (Å²) in [5, 5.41) is 5.64. The predicted molar refractivity (Wildman–Crippen MR) is 94.6 cm³/mol. The molecule has 0 aliphatic carbocycles. The highest BCUT2D eigenvalue weighted by Crippen LogP contribution is 2.22. The van der Waals surface area contributed by atoms with Crippen molar-refractivity contribution in [2.45, 2.75) is 53.4 Å². The molecule has 0 atom stereocenters. The van der Waals surface area contributed by atoms with Crippen molar-refractivity contribution >= 4 is 11.8 Å². The van der Waals surface area contributed by atoms with E-state index in [9.17, 15) is 9.59 Å². The standard InChI is InChI=1S/C19H30N2O2/c1-18(2,3)13-16(22)20-11-12-21-17(23)14-7-9-15(10-8-14)19(4,5)6/h7-10H,11-13H2,1-6H3,(H,20,22)(H,21,23). The smallest absolute Gasteiger partial charge is 0.251 e. The molecule has 2 N–H and O–H groups in total. The molecule has 0 aromatic heterocycles. The Bertz CT molecular complexity index is 534. The summed E-state index contributed by atoms with van der Waals surface area (Å²) < 4.78 is 0. The van der Waals surface area contributed by atoms with E-state index in [1.54, 1.807) is 0 Å². The molecule has 4 heteroatoms. The van der Waals surface area contributed by atoms with Gasteiger partial charge in [0, 0.05) is 25.1 Å². The van der Waals surface area contributed by atoms with Crippen molar-refractivity contribution in [3.63, 3.8) is 0 Å². The molecule has 1 aromatic carbocycles. The first-order valence-electron chi connectivity index (χ1n) is 8.14. The minimum atomic E-state index is -0.115. The van der Waals surface area contributed by atoms with Crippen LogP contribution < -0.4 is 10.6 Å². The van der Waals surface area contributed by atoms with E-state index in [0.717, 1.165) is 0 Å². The van der Waals surface area contributed by atoms with Crippen LogP contribution in [-0.4, -0.2) is 24.9 Å². The Morgan fingerprint density at radius 1 is 0.870 bits per heavy atom. The van der Waals surface area contributed by atoms with Crippen LogP contribution in [0.1, 0.15) is 63.9 Å². The van der Waals surface area contributed by atoms with Crippen LogP contribution >= 0.6 is 0 Å². The van der Waals surface area contributed by atoms with Crippen molar-refractivity contribution in [1.29, 1.82) is 0 Å². The molecule has 128 valence electrons. The number of hydrogen-bond donors (Lipinski definition) is 2. The SMILES string of the molecule is CC(C)(C)CC(=O)NCCNC(=O)c1ccc(C(C)(C)C)cc1. The molecule has 0 heterocycles. The van der Waals surface area contributed by atoms with E-state index in [-0.39, 0.29) is 22.6 Å². The number of rotatable bonds is 5. The predicted octanol–water partition coefficient (Wildman–Crippen LogP) is 3.27. The van der Waals surface area contributed by atoms with E-state index in [2.05, 4.69) is 31.4 Å². The fourth-order valence-corrected chi connectivity index (χ4v) is 2.15. The summed E-state index contributed by atoms with van der Waals surface area (Å²) in [6.07, 6.45) is 0.481. The van der Waals surface area contributed by atoms with E-state index in [1.807, 2.05) is 45.0 Å². The summed E-state index contributed by atoms with van der Waals surface area (Å²) in [6, 6.07) is 7.66. The highest BCUT2D eigenvalue weighted by atomic mass is 16.2.